The maximum atomic E-state index is 5.43. The minimum Gasteiger partial charge on any atom is -0.307 e. The zero-order valence-corrected chi connectivity index (χ0v) is 28.2. The molecule has 3 aromatic heterocycles. The van der Waals surface area contributed by atoms with Gasteiger partial charge in [-0.3, -0.25) is 4.57 Å². The third-order valence-electron chi connectivity index (χ3n) is 10.3. The quantitative estimate of drug-likeness (QED) is 0.187. The summed E-state index contributed by atoms with van der Waals surface area (Å²) in [5, 5.41) is 5.07. The van der Waals surface area contributed by atoms with Gasteiger partial charge in [0.05, 0.1) is 22.1 Å². The summed E-state index contributed by atoms with van der Waals surface area (Å²) in [6.07, 6.45) is 8.95. The second-order valence-corrected chi connectivity index (χ2v) is 14.4. The van der Waals surface area contributed by atoms with Gasteiger partial charge in [0, 0.05) is 54.4 Å². The number of aromatic nitrogens is 5. The minimum absolute atomic E-state index is 0.265. The molecule has 0 fully saturated rings. The fraction of sp³-hybridized carbons (Fsp3) is 0.0444. The van der Waals surface area contributed by atoms with Crippen LogP contribution >= 0.6 is 11.8 Å². The molecule has 2 unspecified atom stereocenters. The lowest BCUT2D eigenvalue weighted by atomic mass is 9.89. The van der Waals surface area contributed by atoms with Crippen LogP contribution < -0.4 is 0 Å². The van der Waals surface area contributed by atoms with Gasteiger partial charge in [-0.1, -0.05) is 133 Å². The predicted octanol–water partition coefficient (Wildman–Crippen LogP) is 11.1. The van der Waals surface area contributed by atoms with Crippen molar-refractivity contribution in [3.05, 3.63) is 169 Å². The summed E-state index contributed by atoms with van der Waals surface area (Å²) < 4.78 is 4.67. The molecule has 2 atom stereocenters. The first-order chi connectivity index (χ1) is 25.3. The minimum atomic E-state index is 0.265. The fourth-order valence-corrected chi connectivity index (χ4v) is 9.51. The van der Waals surface area contributed by atoms with Crippen molar-refractivity contribution in [2.75, 3.05) is 0 Å². The molecule has 0 amide bonds. The van der Waals surface area contributed by atoms with E-state index in [2.05, 4.69) is 155 Å². The van der Waals surface area contributed by atoms with Crippen LogP contribution in [-0.2, 0) is 0 Å². The Balaban J connectivity index is 1.28. The van der Waals surface area contributed by atoms with Crippen molar-refractivity contribution in [2.24, 2.45) is 0 Å². The van der Waals surface area contributed by atoms with Crippen LogP contribution in [0.15, 0.2) is 169 Å². The summed E-state index contributed by atoms with van der Waals surface area (Å²) in [4.78, 5) is 17.3. The Morgan fingerprint density at radius 3 is 1.88 bits per heavy atom. The van der Waals surface area contributed by atoms with E-state index in [-0.39, 0.29) is 5.92 Å². The molecule has 51 heavy (non-hydrogen) atoms. The smallest absolute Gasteiger partial charge is 0.238 e. The average molecular weight is 672 g/mol. The Kier molecular flexibility index (Phi) is 6.24. The van der Waals surface area contributed by atoms with Gasteiger partial charge in [-0.25, -0.2) is 4.98 Å². The van der Waals surface area contributed by atoms with Crippen molar-refractivity contribution < 1.29 is 0 Å². The Bertz CT molecular complexity index is 2900. The zero-order chi connectivity index (χ0) is 33.5. The van der Waals surface area contributed by atoms with E-state index < -0.39 is 0 Å². The van der Waals surface area contributed by atoms with E-state index >= 15 is 0 Å². The molecule has 0 saturated heterocycles. The van der Waals surface area contributed by atoms with E-state index in [9.17, 15) is 0 Å². The first kappa shape index (κ1) is 28.6. The van der Waals surface area contributed by atoms with Crippen LogP contribution in [0.2, 0.25) is 0 Å². The molecule has 0 radical (unpaired) electrons. The van der Waals surface area contributed by atoms with Crippen molar-refractivity contribution in [1.82, 2.24) is 24.1 Å². The number of fused-ring (bicyclic) bond motifs is 10. The van der Waals surface area contributed by atoms with E-state index in [1.807, 2.05) is 30.0 Å². The van der Waals surface area contributed by atoms with Crippen LogP contribution in [0.25, 0.3) is 78.0 Å². The van der Waals surface area contributed by atoms with Crippen LogP contribution in [-0.4, -0.2) is 29.3 Å². The number of nitrogens with zero attached hydrogens (tertiary/aromatic N) is 5. The molecule has 5 nitrogen and oxygen atoms in total. The Morgan fingerprint density at radius 1 is 0.490 bits per heavy atom. The normalized spacial score (nSPS) is 16.4. The van der Waals surface area contributed by atoms with Crippen molar-refractivity contribution in [3.8, 4) is 34.4 Å². The molecule has 240 valence electrons. The van der Waals surface area contributed by atoms with Crippen LogP contribution in [0, 0.1) is 0 Å². The highest BCUT2D eigenvalue weighted by molar-refractivity contribution is 8.00. The summed E-state index contributed by atoms with van der Waals surface area (Å²) in [6.45, 7) is 0. The SMILES string of the molecule is C1=CC2Sc3cccc(-c4nc(-c5ccccc5)nc(-n5c6ccccc6c6ccc7c8ccccc8n(-c8ccccc8)c7c65)n4)c3C2C=C1. The van der Waals surface area contributed by atoms with Crippen LogP contribution in [0.4, 0.5) is 0 Å². The number of hydrogen-bond acceptors (Lipinski definition) is 4. The molecule has 0 spiro atoms. The van der Waals surface area contributed by atoms with Crippen molar-refractivity contribution in [2.45, 2.75) is 16.1 Å². The van der Waals surface area contributed by atoms with Crippen molar-refractivity contribution in [1.29, 1.82) is 0 Å². The Morgan fingerprint density at radius 2 is 1.12 bits per heavy atom. The zero-order valence-electron chi connectivity index (χ0n) is 27.4. The fourth-order valence-electron chi connectivity index (χ4n) is 8.15. The summed E-state index contributed by atoms with van der Waals surface area (Å²) in [5.74, 6) is 2.19. The van der Waals surface area contributed by atoms with Crippen LogP contribution in [0.3, 0.4) is 0 Å². The molecule has 9 aromatic rings. The van der Waals surface area contributed by atoms with Gasteiger partial charge < -0.3 is 4.57 Å². The lowest BCUT2D eigenvalue weighted by molar-refractivity contribution is 0.876. The highest BCUT2D eigenvalue weighted by Crippen LogP contribution is 2.51. The van der Waals surface area contributed by atoms with E-state index in [4.69, 9.17) is 15.0 Å². The molecule has 6 heteroatoms. The third-order valence-corrected chi connectivity index (χ3v) is 11.7. The van der Waals surface area contributed by atoms with Gasteiger partial charge in [0.25, 0.3) is 0 Å². The second kappa shape index (κ2) is 11.1. The molecule has 6 aromatic carbocycles. The van der Waals surface area contributed by atoms with Crippen molar-refractivity contribution >= 4 is 55.4 Å². The molecule has 0 saturated carbocycles. The van der Waals surface area contributed by atoms with Gasteiger partial charge in [-0.2, -0.15) is 9.97 Å². The number of allylic oxidation sites excluding steroid dienone is 3. The average Bonchev–Trinajstić information content (AvgIpc) is 3.86. The second-order valence-electron chi connectivity index (χ2n) is 13.1. The largest absolute Gasteiger partial charge is 0.307 e. The maximum absolute atomic E-state index is 5.43. The summed E-state index contributed by atoms with van der Waals surface area (Å²) in [5.41, 5.74) is 8.80. The van der Waals surface area contributed by atoms with E-state index in [1.165, 1.54) is 21.2 Å². The van der Waals surface area contributed by atoms with Crippen LogP contribution in [0.1, 0.15) is 11.5 Å². The van der Waals surface area contributed by atoms with Crippen LogP contribution in [0.5, 0.6) is 0 Å². The van der Waals surface area contributed by atoms with Gasteiger partial charge in [0.2, 0.25) is 5.95 Å². The molecular weight excluding hydrogens is 643 g/mol. The molecule has 1 aliphatic heterocycles. The van der Waals surface area contributed by atoms with Gasteiger partial charge >= 0.3 is 0 Å². The highest BCUT2D eigenvalue weighted by atomic mass is 32.2. The van der Waals surface area contributed by atoms with E-state index in [0.717, 1.165) is 49.7 Å². The lowest BCUT2D eigenvalue weighted by Crippen LogP contribution is -2.10. The van der Waals surface area contributed by atoms with Crippen molar-refractivity contribution in [3.63, 3.8) is 0 Å². The molecule has 11 rings (SSSR count). The highest BCUT2D eigenvalue weighted by Gasteiger charge is 2.34. The number of para-hydroxylation sites is 3. The molecule has 0 N–H and O–H groups in total. The van der Waals surface area contributed by atoms with E-state index in [0.29, 0.717) is 22.8 Å². The summed E-state index contributed by atoms with van der Waals surface area (Å²) in [7, 11) is 0. The molecule has 4 heterocycles. The standard InChI is InChI=1S/C45H29N5S/c1-3-14-28(15-4-1)43-46-44(35-21-13-25-39-40(35)34-20-9-12-24-38(34)51-39)48-45(47-43)50-37-23-11-8-19-31(37)33-27-26-32-30-18-7-10-22-36(30)49(41(32)42(33)50)29-16-5-2-6-17-29/h1-27,34,38H. The number of benzene rings is 6. The number of thioether (sulfide) groups is 1. The van der Waals surface area contributed by atoms with Gasteiger partial charge in [-0.15, -0.1) is 11.8 Å². The first-order valence-corrected chi connectivity index (χ1v) is 18.2. The topological polar surface area (TPSA) is 48.5 Å². The number of rotatable bonds is 4. The Hall–Kier alpha value is -6.24. The predicted molar refractivity (Wildman–Crippen MR) is 210 cm³/mol. The monoisotopic (exact) mass is 671 g/mol. The van der Waals surface area contributed by atoms with Gasteiger partial charge in [-0.05, 0) is 35.9 Å². The maximum Gasteiger partial charge on any atom is 0.238 e. The summed E-state index contributed by atoms with van der Waals surface area (Å²) in [6, 6.07) is 49.3. The Labute approximate surface area is 298 Å². The molecular formula is C45H29N5S. The molecule has 0 bridgehead atoms. The summed E-state index contributed by atoms with van der Waals surface area (Å²) >= 11 is 1.92. The molecule has 1 aliphatic carbocycles. The number of hydrogen-bond donors (Lipinski definition) is 0. The van der Waals surface area contributed by atoms with E-state index in [1.54, 1.807) is 0 Å². The molecule has 2 aliphatic rings. The lowest BCUT2D eigenvalue weighted by Gasteiger charge is -2.18. The van der Waals surface area contributed by atoms with Gasteiger partial charge in [0.15, 0.2) is 11.6 Å². The third kappa shape index (κ3) is 4.27. The van der Waals surface area contributed by atoms with Gasteiger partial charge in [0.1, 0.15) is 0 Å². The first-order valence-electron chi connectivity index (χ1n) is 17.3.